The second-order valence-corrected chi connectivity index (χ2v) is 18.3. The van der Waals surface area contributed by atoms with E-state index in [0.29, 0.717) is 0 Å². The van der Waals surface area contributed by atoms with Crippen molar-refractivity contribution < 1.29 is 4.42 Å². The zero-order valence-electron chi connectivity index (χ0n) is 36.4. The number of benzene rings is 11. The van der Waals surface area contributed by atoms with E-state index in [1.165, 1.54) is 88.7 Å². The molecule has 0 saturated carbocycles. The Hall–Kier alpha value is -8.72. The minimum Gasteiger partial charge on any atom is -0.455 e. The van der Waals surface area contributed by atoms with Crippen LogP contribution in [0.3, 0.4) is 0 Å². The van der Waals surface area contributed by atoms with Crippen LogP contribution in [0.4, 0.5) is 17.1 Å². The van der Waals surface area contributed by atoms with Crippen LogP contribution in [0.25, 0.3) is 99.5 Å². The summed E-state index contributed by atoms with van der Waals surface area (Å²) in [6.45, 7) is 0. The van der Waals surface area contributed by atoms with Crippen LogP contribution in [0.15, 0.2) is 241 Å². The van der Waals surface area contributed by atoms with Crippen molar-refractivity contribution in [3.8, 4) is 66.8 Å². The minimum absolute atomic E-state index is 0.449. The van der Waals surface area contributed by atoms with Crippen molar-refractivity contribution in [2.45, 2.75) is 5.41 Å². The summed E-state index contributed by atoms with van der Waals surface area (Å²) in [7, 11) is 0. The van der Waals surface area contributed by atoms with Gasteiger partial charge < -0.3 is 9.32 Å². The van der Waals surface area contributed by atoms with Crippen molar-refractivity contribution in [1.82, 2.24) is 0 Å². The van der Waals surface area contributed by atoms with Crippen molar-refractivity contribution in [3.05, 3.63) is 259 Å². The van der Waals surface area contributed by atoms with E-state index >= 15 is 0 Å². The van der Waals surface area contributed by atoms with Crippen molar-refractivity contribution >= 4 is 49.8 Å². The Kier molecular flexibility index (Phi) is 7.46. The summed E-state index contributed by atoms with van der Waals surface area (Å²) in [5, 5.41) is 4.89. The van der Waals surface area contributed by atoms with Crippen LogP contribution in [-0.4, -0.2) is 0 Å². The van der Waals surface area contributed by atoms with Crippen LogP contribution >= 0.6 is 0 Å². The Morgan fingerprint density at radius 1 is 0.284 bits per heavy atom. The third kappa shape index (κ3) is 4.94. The summed E-state index contributed by atoms with van der Waals surface area (Å²) in [5.74, 6) is 0. The van der Waals surface area contributed by atoms with Gasteiger partial charge in [-0.3, -0.25) is 0 Å². The van der Waals surface area contributed by atoms with Gasteiger partial charge in [0.25, 0.3) is 0 Å². The molecule has 12 aromatic rings. The van der Waals surface area contributed by atoms with Gasteiger partial charge in [0.1, 0.15) is 11.2 Å². The summed E-state index contributed by atoms with van der Waals surface area (Å²) in [5.41, 5.74) is 25.1. The number of anilines is 3. The molecule has 0 unspecified atom stereocenters. The lowest BCUT2D eigenvalue weighted by Crippen LogP contribution is -2.26. The fourth-order valence-electron chi connectivity index (χ4n) is 12.3. The lowest BCUT2D eigenvalue weighted by molar-refractivity contribution is 0.670. The molecule has 11 aromatic carbocycles. The molecule has 2 heteroatoms. The summed E-state index contributed by atoms with van der Waals surface area (Å²) in [6.07, 6.45) is 0. The first-order chi connectivity index (χ1) is 33.2. The Balaban J connectivity index is 0.909. The Bertz CT molecular complexity index is 3950. The lowest BCUT2D eigenvalue weighted by atomic mass is 9.70. The van der Waals surface area contributed by atoms with Crippen LogP contribution in [0.2, 0.25) is 0 Å². The molecule has 0 N–H and O–H groups in total. The van der Waals surface area contributed by atoms with E-state index < -0.39 is 5.41 Å². The minimum atomic E-state index is -0.449. The molecule has 1 spiro atoms. The second-order valence-electron chi connectivity index (χ2n) is 18.3. The van der Waals surface area contributed by atoms with Gasteiger partial charge in [0.15, 0.2) is 0 Å². The highest BCUT2D eigenvalue weighted by Gasteiger charge is 2.51. The summed E-state index contributed by atoms with van der Waals surface area (Å²) in [6, 6.07) is 87.5. The zero-order valence-corrected chi connectivity index (χ0v) is 36.4. The van der Waals surface area contributed by atoms with Gasteiger partial charge >= 0.3 is 0 Å². The first-order valence-electron chi connectivity index (χ1n) is 23.2. The SMILES string of the molecule is c1ccc2c(c1)-c1cccc3c(-c4ccc(N(c5ccc(-c6cccc7c6oc6ccccc67)cc5)c5ccc6c(c5)C5(c7ccccc7-c7ccccc75)c5ccccc5-6)cc4)ccc-2c13. The molecule has 15 rings (SSSR count). The molecule has 0 saturated heterocycles. The van der Waals surface area contributed by atoms with E-state index in [0.717, 1.165) is 50.1 Å². The number of para-hydroxylation sites is 2. The van der Waals surface area contributed by atoms with Gasteiger partial charge in [-0.15, -0.1) is 0 Å². The molecule has 3 aliphatic carbocycles. The fourth-order valence-corrected chi connectivity index (χ4v) is 12.3. The summed E-state index contributed by atoms with van der Waals surface area (Å²) in [4.78, 5) is 2.43. The first kappa shape index (κ1) is 36.6. The molecule has 1 aromatic heterocycles. The lowest BCUT2D eigenvalue weighted by Gasteiger charge is -2.32. The number of nitrogens with zero attached hydrogens (tertiary/aromatic N) is 1. The highest BCUT2D eigenvalue weighted by molar-refractivity contribution is 6.18. The molecule has 1 heterocycles. The molecule has 67 heavy (non-hydrogen) atoms. The van der Waals surface area contributed by atoms with E-state index in [2.05, 4.69) is 235 Å². The van der Waals surface area contributed by atoms with Crippen molar-refractivity contribution in [3.63, 3.8) is 0 Å². The third-order valence-electron chi connectivity index (χ3n) is 15.1. The van der Waals surface area contributed by atoms with Crippen LogP contribution in [0.5, 0.6) is 0 Å². The van der Waals surface area contributed by atoms with Crippen molar-refractivity contribution in [2.75, 3.05) is 4.90 Å². The molecule has 2 nitrogen and oxygen atoms in total. The highest BCUT2D eigenvalue weighted by atomic mass is 16.3. The quantitative estimate of drug-likeness (QED) is 0.172. The van der Waals surface area contributed by atoms with Crippen LogP contribution in [-0.2, 0) is 5.41 Å². The number of fused-ring (bicyclic) bond motifs is 16. The maximum absolute atomic E-state index is 6.52. The van der Waals surface area contributed by atoms with E-state index in [1.54, 1.807) is 0 Å². The maximum Gasteiger partial charge on any atom is 0.143 e. The average molecular weight is 850 g/mol. The standard InChI is InChI=1S/C65H39NO/c1-2-14-48-47(13-1)55-21-12-20-54-45(37-38-56(48)63(54)55)40-27-31-42(32-28-40)66(43-33-29-41(30-34-43)46-19-11-22-57-53-18-6-10-26-62(53)67-64(46)57)44-35-36-52-51-17-5-9-25-60(51)65(61(52)39-44)58-23-7-3-15-49(58)50-16-4-8-24-59(50)65/h1-39H. The zero-order chi connectivity index (χ0) is 43.8. The van der Waals surface area contributed by atoms with Gasteiger partial charge in [0, 0.05) is 33.4 Å². The number of hydrogen-bond donors (Lipinski definition) is 0. The molecule has 0 fully saturated rings. The molecule has 0 bridgehead atoms. The van der Waals surface area contributed by atoms with Gasteiger partial charge in [-0.2, -0.15) is 0 Å². The largest absolute Gasteiger partial charge is 0.455 e. The van der Waals surface area contributed by atoms with Crippen LogP contribution in [0.1, 0.15) is 22.3 Å². The number of rotatable bonds is 5. The smallest absolute Gasteiger partial charge is 0.143 e. The topological polar surface area (TPSA) is 16.4 Å². The number of hydrogen-bond acceptors (Lipinski definition) is 2. The van der Waals surface area contributed by atoms with Crippen molar-refractivity contribution in [2.24, 2.45) is 0 Å². The van der Waals surface area contributed by atoms with Crippen LogP contribution < -0.4 is 4.90 Å². The molecular formula is C65H39NO. The monoisotopic (exact) mass is 849 g/mol. The molecule has 0 atom stereocenters. The molecule has 3 aliphatic rings. The fraction of sp³-hybridized carbons (Fsp3) is 0.0154. The molecule has 0 aliphatic heterocycles. The van der Waals surface area contributed by atoms with Crippen molar-refractivity contribution in [1.29, 1.82) is 0 Å². The number of furan rings is 1. The van der Waals surface area contributed by atoms with Gasteiger partial charge in [-0.05, 0) is 137 Å². The van der Waals surface area contributed by atoms with Gasteiger partial charge in [-0.1, -0.05) is 194 Å². The first-order valence-corrected chi connectivity index (χ1v) is 23.2. The highest BCUT2D eigenvalue weighted by Crippen LogP contribution is 2.63. The molecule has 0 radical (unpaired) electrons. The molecular weight excluding hydrogens is 811 g/mol. The summed E-state index contributed by atoms with van der Waals surface area (Å²) < 4.78 is 6.52. The van der Waals surface area contributed by atoms with Gasteiger partial charge in [0.05, 0.1) is 5.41 Å². The predicted molar refractivity (Wildman–Crippen MR) is 278 cm³/mol. The third-order valence-corrected chi connectivity index (χ3v) is 15.1. The molecule has 310 valence electrons. The predicted octanol–water partition coefficient (Wildman–Crippen LogP) is 17.5. The Labute approximate surface area is 388 Å². The normalized spacial score (nSPS) is 13.2. The Morgan fingerprint density at radius 2 is 0.716 bits per heavy atom. The Morgan fingerprint density at radius 3 is 1.36 bits per heavy atom. The van der Waals surface area contributed by atoms with Crippen LogP contribution in [0, 0.1) is 0 Å². The van der Waals surface area contributed by atoms with E-state index in [4.69, 9.17) is 4.42 Å². The van der Waals surface area contributed by atoms with E-state index in [9.17, 15) is 0 Å². The van der Waals surface area contributed by atoms with Gasteiger partial charge in [0.2, 0.25) is 0 Å². The van der Waals surface area contributed by atoms with E-state index in [1.807, 2.05) is 6.07 Å². The van der Waals surface area contributed by atoms with E-state index in [-0.39, 0.29) is 0 Å². The maximum atomic E-state index is 6.52. The second kappa shape index (κ2) is 13.7. The molecule has 0 amide bonds. The van der Waals surface area contributed by atoms with Gasteiger partial charge in [-0.25, -0.2) is 0 Å². The summed E-state index contributed by atoms with van der Waals surface area (Å²) >= 11 is 0. The average Bonchev–Trinajstić information content (AvgIpc) is 4.12.